The highest BCUT2D eigenvalue weighted by Crippen LogP contribution is 2.39. The molecule has 30 heavy (non-hydrogen) atoms. The van der Waals surface area contributed by atoms with E-state index in [4.69, 9.17) is 20.9 Å². The molecule has 1 N–H and O–H groups in total. The second-order valence-electron chi connectivity index (χ2n) is 7.86. The third-order valence-electron chi connectivity index (χ3n) is 5.68. The number of hydrogen-bond donors (Lipinski definition) is 1. The van der Waals surface area contributed by atoms with Gasteiger partial charge in [0.15, 0.2) is 0 Å². The Labute approximate surface area is 190 Å². The molecule has 0 amide bonds. The van der Waals surface area contributed by atoms with Crippen LogP contribution in [0.4, 0.5) is 4.39 Å². The number of rotatable bonds is 3. The van der Waals surface area contributed by atoms with Crippen molar-refractivity contribution in [2.24, 2.45) is 0 Å². The zero-order valence-corrected chi connectivity index (χ0v) is 19.4. The third kappa shape index (κ3) is 3.22. The molecule has 4 rings (SSSR count). The molecule has 1 aliphatic heterocycles. The summed E-state index contributed by atoms with van der Waals surface area (Å²) >= 11 is 8.88. The molecule has 1 atom stereocenters. The van der Waals surface area contributed by atoms with Crippen molar-refractivity contribution < 1.29 is 13.7 Å². The van der Waals surface area contributed by atoms with E-state index in [2.05, 4.69) is 27.6 Å². The largest absolute Gasteiger partial charge is 0.496 e. The minimum Gasteiger partial charge on any atom is -0.399 e. The predicted octanol–water partition coefficient (Wildman–Crippen LogP) is 3.19. The Morgan fingerprint density at radius 1 is 1.17 bits per heavy atom. The van der Waals surface area contributed by atoms with Gasteiger partial charge >= 0.3 is 12.8 Å². The highest BCUT2D eigenvalue weighted by molar-refractivity contribution is 14.1. The number of para-hydroxylation sites is 1. The maximum Gasteiger partial charge on any atom is 0.496 e. The number of H-pyrrole nitrogens is 1. The van der Waals surface area contributed by atoms with Gasteiger partial charge in [-0.25, -0.2) is 13.8 Å². The number of fused-ring (bicyclic) bond motifs is 1. The van der Waals surface area contributed by atoms with E-state index in [-0.39, 0.29) is 21.6 Å². The van der Waals surface area contributed by atoms with Crippen molar-refractivity contribution in [3.05, 3.63) is 68.1 Å². The molecule has 3 aromatic rings. The van der Waals surface area contributed by atoms with Gasteiger partial charge in [-0.15, -0.1) is 0 Å². The molecular weight excluding hydrogens is 524 g/mol. The second kappa shape index (κ2) is 7.47. The number of aromatic nitrogens is 2. The van der Waals surface area contributed by atoms with E-state index in [0.717, 1.165) is 4.57 Å². The van der Waals surface area contributed by atoms with Gasteiger partial charge in [-0.05, 0) is 39.0 Å². The average Bonchev–Trinajstić information content (AvgIpc) is 2.93. The van der Waals surface area contributed by atoms with Crippen LogP contribution in [0.2, 0.25) is 5.02 Å². The molecule has 0 aliphatic carbocycles. The Morgan fingerprint density at radius 2 is 1.87 bits per heavy atom. The van der Waals surface area contributed by atoms with Crippen molar-refractivity contribution in [1.82, 2.24) is 9.55 Å². The third-order valence-corrected chi connectivity index (χ3v) is 7.55. The Kier molecular flexibility index (Phi) is 5.37. The van der Waals surface area contributed by atoms with E-state index in [1.54, 1.807) is 18.2 Å². The van der Waals surface area contributed by atoms with Gasteiger partial charge < -0.3 is 14.3 Å². The van der Waals surface area contributed by atoms with Crippen molar-refractivity contribution in [1.29, 1.82) is 0 Å². The minimum absolute atomic E-state index is 0.0445. The second-order valence-corrected chi connectivity index (χ2v) is 9.00. The van der Waals surface area contributed by atoms with Crippen LogP contribution in [0.1, 0.15) is 20.8 Å². The zero-order valence-electron chi connectivity index (χ0n) is 16.5. The molecule has 1 aliphatic rings. The summed E-state index contributed by atoms with van der Waals surface area (Å²) in [5.41, 5.74) is -2.06. The van der Waals surface area contributed by atoms with E-state index in [9.17, 15) is 14.0 Å². The van der Waals surface area contributed by atoms with Gasteiger partial charge in [0.1, 0.15) is 5.82 Å². The molecule has 1 unspecified atom stereocenters. The molecule has 0 saturated carbocycles. The van der Waals surface area contributed by atoms with Crippen LogP contribution >= 0.6 is 34.2 Å². The first kappa shape index (κ1) is 21.5. The quantitative estimate of drug-likeness (QED) is 0.314. The Morgan fingerprint density at radius 3 is 2.53 bits per heavy atom. The van der Waals surface area contributed by atoms with Gasteiger partial charge in [0.2, 0.25) is 0 Å². The Bertz CT molecular complexity index is 1280. The monoisotopic (exact) mass is 542 g/mol. The van der Waals surface area contributed by atoms with E-state index in [0.29, 0.717) is 9.89 Å². The van der Waals surface area contributed by atoms with Crippen LogP contribution in [0.5, 0.6) is 0 Å². The number of hydrogen-bond acceptors (Lipinski definition) is 4. The zero-order chi connectivity index (χ0) is 21.8. The fourth-order valence-corrected chi connectivity index (χ4v) is 4.83. The minimum atomic E-state index is -0.790. The molecule has 0 spiro atoms. The molecule has 2 aromatic carbocycles. The molecule has 0 radical (unpaired) electrons. The lowest BCUT2D eigenvalue weighted by Gasteiger charge is -2.34. The first-order chi connectivity index (χ1) is 14.1. The normalized spacial score (nSPS) is 20.8. The SMILES string of the molecule is CC1(C)OB(c2cccc(-n3c(=O)[nH]c4c(F)cccc4c3=O)c2Cl)OC1(C)CI. The van der Waals surface area contributed by atoms with Crippen molar-refractivity contribution in [3.63, 3.8) is 0 Å². The van der Waals surface area contributed by atoms with Crippen LogP contribution in [0.3, 0.4) is 0 Å². The predicted molar refractivity (Wildman–Crippen MR) is 124 cm³/mol. The number of alkyl halides is 1. The van der Waals surface area contributed by atoms with Gasteiger partial charge in [-0.2, -0.15) is 0 Å². The van der Waals surface area contributed by atoms with Gasteiger partial charge in [0.05, 0.1) is 32.8 Å². The summed E-state index contributed by atoms with van der Waals surface area (Å²) in [7, 11) is -0.764. The van der Waals surface area contributed by atoms with Crippen LogP contribution in [0, 0.1) is 5.82 Å². The summed E-state index contributed by atoms with van der Waals surface area (Å²) in [5.74, 6) is -0.679. The van der Waals surface area contributed by atoms with Crippen molar-refractivity contribution in [2.75, 3.05) is 4.43 Å². The number of nitrogens with one attached hydrogen (secondary N) is 1. The summed E-state index contributed by atoms with van der Waals surface area (Å²) in [6, 6.07) is 8.97. The first-order valence-corrected chi connectivity index (χ1v) is 11.1. The summed E-state index contributed by atoms with van der Waals surface area (Å²) in [4.78, 5) is 28.1. The van der Waals surface area contributed by atoms with Gasteiger partial charge in [0.25, 0.3) is 5.56 Å². The molecule has 10 heteroatoms. The molecule has 1 aromatic heterocycles. The van der Waals surface area contributed by atoms with Crippen LogP contribution in [0.15, 0.2) is 46.0 Å². The molecule has 0 bridgehead atoms. The van der Waals surface area contributed by atoms with Crippen molar-refractivity contribution in [2.45, 2.75) is 32.0 Å². The Balaban J connectivity index is 1.88. The highest BCUT2D eigenvalue weighted by atomic mass is 127. The lowest BCUT2D eigenvalue weighted by atomic mass is 9.79. The molecular formula is C20H18BClFIN2O4. The number of aromatic amines is 1. The van der Waals surface area contributed by atoms with Crippen LogP contribution in [-0.4, -0.2) is 32.3 Å². The lowest BCUT2D eigenvalue weighted by molar-refractivity contribution is 0.0119. The average molecular weight is 543 g/mol. The van der Waals surface area contributed by atoms with Crippen LogP contribution in [-0.2, 0) is 9.31 Å². The van der Waals surface area contributed by atoms with Gasteiger partial charge in [-0.1, -0.05) is 52.4 Å². The van der Waals surface area contributed by atoms with Gasteiger partial charge in [0, 0.05) is 9.89 Å². The number of halogens is 3. The molecule has 1 fully saturated rings. The summed E-state index contributed by atoms with van der Waals surface area (Å²) in [6.07, 6.45) is 0. The number of nitrogens with zero attached hydrogens (tertiary/aromatic N) is 1. The van der Waals surface area contributed by atoms with Crippen molar-refractivity contribution >= 4 is 57.7 Å². The molecule has 156 valence electrons. The topological polar surface area (TPSA) is 73.3 Å². The maximum atomic E-state index is 14.0. The van der Waals surface area contributed by atoms with Gasteiger partial charge in [-0.3, -0.25) is 4.79 Å². The fourth-order valence-electron chi connectivity index (χ4n) is 3.43. The smallest absolute Gasteiger partial charge is 0.399 e. The number of benzene rings is 2. The lowest BCUT2D eigenvalue weighted by Crippen LogP contribution is -2.46. The summed E-state index contributed by atoms with van der Waals surface area (Å²) in [5, 5.41) is 0.197. The highest BCUT2D eigenvalue weighted by Gasteiger charge is 2.54. The fraction of sp³-hybridized carbons (Fsp3) is 0.300. The summed E-state index contributed by atoms with van der Waals surface area (Å²) in [6.45, 7) is 5.84. The molecule has 2 heterocycles. The van der Waals surface area contributed by atoms with E-state index >= 15 is 0 Å². The Hall–Kier alpha value is -1.69. The first-order valence-electron chi connectivity index (χ1n) is 9.23. The van der Waals surface area contributed by atoms with E-state index < -0.39 is 35.4 Å². The van der Waals surface area contributed by atoms with Crippen LogP contribution in [0.25, 0.3) is 16.6 Å². The molecule has 1 saturated heterocycles. The van der Waals surface area contributed by atoms with Crippen LogP contribution < -0.4 is 16.7 Å². The van der Waals surface area contributed by atoms with E-state index in [1.807, 2.05) is 20.8 Å². The standard InChI is InChI=1S/C20H18BClFIN2O4/c1-19(2)20(3,10-24)30-21(29-19)12-7-5-9-14(15(12)22)26-17(27)11-6-4-8-13(23)16(11)25-18(26)28/h4-9H,10H2,1-3H3,(H,25,28). The van der Waals surface area contributed by atoms with Crippen molar-refractivity contribution in [3.8, 4) is 5.69 Å². The maximum absolute atomic E-state index is 14.0. The molecule has 6 nitrogen and oxygen atoms in total. The van der Waals surface area contributed by atoms with E-state index in [1.165, 1.54) is 18.2 Å². The summed E-state index contributed by atoms with van der Waals surface area (Å²) < 4.78 is 27.9.